The molecule has 0 radical (unpaired) electrons. The molecule has 0 fully saturated rings. The number of alkyl halides is 3. The molecule has 1 aromatic rings. The summed E-state index contributed by atoms with van der Waals surface area (Å²) in [5, 5.41) is 0. The number of halogens is 5. The van der Waals surface area contributed by atoms with E-state index in [1.54, 1.807) is 0 Å². The first-order valence-corrected chi connectivity index (χ1v) is 5.37. The zero-order chi connectivity index (χ0) is 14.5. The first-order valence-electron chi connectivity index (χ1n) is 5.37. The number of nitrogens with one attached hydrogen (secondary N) is 1. The Morgan fingerprint density at radius 3 is 2.53 bits per heavy atom. The van der Waals surface area contributed by atoms with Crippen molar-refractivity contribution in [2.24, 2.45) is 5.84 Å². The van der Waals surface area contributed by atoms with E-state index in [9.17, 15) is 22.0 Å². The highest BCUT2D eigenvalue weighted by Crippen LogP contribution is 2.16. The molecule has 0 aromatic heterocycles. The van der Waals surface area contributed by atoms with Crippen LogP contribution in [0.3, 0.4) is 0 Å². The number of ether oxygens (including phenoxy) is 1. The molecule has 19 heavy (non-hydrogen) atoms. The molecule has 0 aliphatic rings. The Bertz CT molecular complexity index is 411. The van der Waals surface area contributed by atoms with Crippen LogP contribution in [0.4, 0.5) is 22.0 Å². The fourth-order valence-electron chi connectivity index (χ4n) is 1.45. The largest absolute Gasteiger partial charge is 0.411 e. The summed E-state index contributed by atoms with van der Waals surface area (Å²) in [7, 11) is 0. The topological polar surface area (TPSA) is 47.3 Å². The number of nitrogens with two attached hydrogens (primary N) is 1. The Morgan fingerprint density at radius 1 is 1.26 bits per heavy atom. The van der Waals surface area contributed by atoms with Crippen molar-refractivity contribution >= 4 is 0 Å². The van der Waals surface area contributed by atoms with E-state index in [1.165, 1.54) is 12.1 Å². The molecule has 1 atom stereocenters. The normalized spacial score (nSPS) is 13.6. The lowest BCUT2D eigenvalue weighted by Gasteiger charge is -2.17. The predicted molar refractivity (Wildman–Crippen MR) is 58.0 cm³/mol. The van der Waals surface area contributed by atoms with Gasteiger partial charge in [-0.2, -0.15) is 13.2 Å². The summed E-state index contributed by atoms with van der Waals surface area (Å²) in [6.45, 7) is -1.79. The summed E-state index contributed by atoms with van der Waals surface area (Å²) in [5.41, 5.74) is 2.21. The van der Waals surface area contributed by atoms with Crippen molar-refractivity contribution in [3.05, 3.63) is 35.4 Å². The van der Waals surface area contributed by atoms with Crippen molar-refractivity contribution in [1.82, 2.24) is 5.43 Å². The summed E-state index contributed by atoms with van der Waals surface area (Å²) >= 11 is 0. The molecule has 8 heteroatoms. The summed E-state index contributed by atoms with van der Waals surface area (Å²) in [6.07, 6.45) is -4.53. The van der Waals surface area contributed by atoms with Crippen LogP contribution in [0.5, 0.6) is 0 Å². The lowest BCUT2D eigenvalue weighted by atomic mass is 10.1. The molecule has 0 spiro atoms. The Kier molecular flexibility index (Phi) is 5.64. The molecule has 0 heterocycles. The van der Waals surface area contributed by atoms with Gasteiger partial charge in [0.05, 0.1) is 6.61 Å². The van der Waals surface area contributed by atoms with E-state index in [-0.39, 0.29) is 18.6 Å². The van der Waals surface area contributed by atoms with Crippen LogP contribution in [0.15, 0.2) is 18.2 Å². The Labute approximate surface area is 106 Å². The van der Waals surface area contributed by atoms with Crippen molar-refractivity contribution in [2.45, 2.75) is 18.6 Å². The lowest BCUT2D eigenvalue weighted by molar-refractivity contribution is -0.175. The molecule has 0 amide bonds. The van der Waals surface area contributed by atoms with Gasteiger partial charge in [-0.1, -0.05) is 12.1 Å². The van der Waals surface area contributed by atoms with Gasteiger partial charge >= 0.3 is 6.18 Å². The summed E-state index contributed by atoms with van der Waals surface area (Å²) in [6, 6.07) is 2.83. The second kappa shape index (κ2) is 6.78. The number of hydrogen-bond donors (Lipinski definition) is 2. The van der Waals surface area contributed by atoms with Gasteiger partial charge in [-0.3, -0.25) is 11.3 Å². The summed E-state index contributed by atoms with van der Waals surface area (Å²) in [5.74, 6) is 3.06. The van der Waals surface area contributed by atoms with Gasteiger partial charge in [0.15, 0.2) is 11.6 Å². The minimum Gasteiger partial charge on any atom is -0.370 e. The molecule has 3 N–H and O–H groups in total. The van der Waals surface area contributed by atoms with Crippen LogP contribution < -0.4 is 11.3 Å². The van der Waals surface area contributed by atoms with E-state index < -0.39 is 30.5 Å². The average Bonchev–Trinajstić information content (AvgIpc) is 2.32. The van der Waals surface area contributed by atoms with Gasteiger partial charge in [0.2, 0.25) is 0 Å². The van der Waals surface area contributed by atoms with Gasteiger partial charge < -0.3 is 4.74 Å². The van der Waals surface area contributed by atoms with Gasteiger partial charge in [0.25, 0.3) is 0 Å². The van der Waals surface area contributed by atoms with E-state index in [2.05, 4.69) is 10.2 Å². The Hall–Kier alpha value is -1.25. The molecule has 3 nitrogen and oxygen atoms in total. The predicted octanol–water partition coefficient (Wildman–Crippen LogP) is 1.92. The zero-order valence-corrected chi connectivity index (χ0v) is 9.81. The van der Waals surface area contributed by atoms with Crippen LogP contribution in [0.2, 0.25) is 0 Å². The van der Waals surface area contributed by atoms with E-state index in [0.29, 0.717) is 0 Å². The molecule has 1 rings (SSSR count). The van der Waals surface area contributed by atoms with E-state index >= 15 is 0 Å². The molecule has 0 aliphatic heterocycles. The van der Waals surface area contributed by atoms with Crippen LogP contribution in [0, 0.1) is 11.6 Å². The molecular formula is C11H13F5N2O. The maximum absolute atomic E-state index is 13.3. The standard InChI is InChI=1S/C11H13F5N2O/c12-9-3-1-2-7(10(9)13)4-8(18-17)5-19-6-11(14,15)16/h1-3,8,18H,4-6,17H2. The first-order chi connectivity index (χ1) is 8.83. The number of rotatable bonds is 6. The summed E-state index contributed by atoms with van der Waals surface area (Å²) in [4.78, 5) is 0. The zero-order valence-electron chi connectivity index (χ0n) is 9.81. The molecule has 1 unspecified atom stereocenters. The van der Waals surface area contributed by atoms with Crippen molar-refractivity contribution in [2.75, 3.05) is 13.2 Å². The van der Waals surface area contributed by atoms with Crippen LogP contribution in [-0.4, -0.2) is 25.4 Å². The second-order valence-electron chi connectivity index (χ2n) is 3.91. The third-order valence-corrected chi connectivity index (χ3v) is 2.32. The molecule has 0 bridgehead atoms. The smallest absolute Gasteiger partial charge is 0.370 e. The molecule has 0 saturated heterocycles. The van der Waals surface area contributed by atoms with Crippen LogP contribution >= 0.6 is 0 Å². The van der Waals surface area contributed by atoms with E-state index in [0.717, 1.165) is 6.07 Å². The number of hydrogen-bond acceptors (Lipinski definition) is 3. The number of hydrazine groups is 1. The van der Waals surface area contributed by atoms with Gasteiger partial charge in [0.1, 0.15) is 6.61 Å². The third-order valence-electron chi connectivity index (χ3n) is 2.32. The molecule has 0 aliphatic carbocycles. The van der Waals surface area contributed by atoms with Gasteiger partial charge in [-0.15, -0.1) is 0 Å². The van der Waals surface area contributed by atoms with Gasteiger partial charge in [-0.05, 0) is 18.1 Å². The van der Waals surface area contributed by atoms with E-state index in [1.807, 2.05) is 0 Å². The van der Waals surface area contributed by atoms with Crippen molar-refractivity contribution in [3.63, 3.8) is 0 Å². The van der Waals surface area contributed by atoms with Crippen molar-refractivity contribution in [1.29, 1.82) is 0 Å². The molecule has 0 saturated carbocycles. The maximum atomic E-state index is 13.3. The maximum Gasteiger partial charge on any atom is 0.411 e. The van der Waals surface area contributed by atoms with Crippen LogP contribution in [-0.2, 0) is 11.2 Å². The van der Waals surface area contributed by atoms with Gasteiger partial charge in [-0.25, -0.2) is 8.78 Å². The van der Waals surface area contributed by atoms with Crippen molar-refractivity contribution in [3.8, 4) is 0 Å². The first kappa shape index (κ1) is 15.8. The average molecular weight is 284 g/mol. The highest BCUT2D eigenvalue weighted by molar-refractivity contribution is 5.20. The third kappa shape index (κ3) is 5.50. The Morgan fingerprint density at radius 2 is 1.95 bits per heavy atom. The SMILES string of the molecule is NNC(COCC(F)(F)F)Cc1cccc(F)c1F. The van der Waals surface area contributed by atoms with Crippen LogP contribution in [0.1, 0.15) is 5.56 Å². The lowest BCUT2D eigenvalue weighted by Crippen LogP contribution is -2.41. The highest BCUT2D eigenvalue weighted by Gasteiger charge is 2.28. The quantitative estimate of drug-likeness (QED) is 0.476. The molecule has 108 valence electrons. The number of benzene rings is 1. The minimum absolute atomic E-state index is 0.0126. The van der Waals surface area contributed by atoms with Crippen molar-refractivity contribution < 1.29 is 26.7 Å². The second-order valence-corrected chi connectivity index (χ2v) is 3.91. The fourth-order valence-corrected chi connectivity index (χ4v) is 1.45. The van der Waals surface area contributed by atoms with Gasteiger partial charge in [0, 0.05) is 6.04 Å². The minimum atomic E-state index is -4.44. The van der Waals surface area contributed by atoms with Crippen LogP contribution in [0.25, 0.3) is 0 Å². The Balaban J connectivity index is 2.55. The fraction of sp³-hybridized carbons (Fsp3) is 0.455. The van der Waals surface area contributed by atoms with E-state index in [4.69, 9.17) is 5.84 Å². The highest BCUT2D eigenvalue weighted by atomic mass is 19.4. The molecule has 1 aromatic carbocycles. The monoisotopic (exact) mass is 284 g/mol. The summed E-state index contributed by atoms with van der Waals surface area (Å²) < 4.78 is 66.3. The molecular weight excluding hydrogens is 271 g/mol.